The first-order valence-electron chi connectivity index (χ1n) is 16.2. The highest BCUT2D eigenvalue weighted by atomic mass is 127. The number of nitrogens with zero attached hydrogens (tertiary/aromatic N) is 2. The van der Waals surface area contributed by atoms with Crippen LogP contribution >= 0.6 is 0 Å². The fraction of sp³-hybridized carbons (Fsp3) is 0.788. The van der Waals surface area contributed by atoms with Crippen molar-refractivity contribution in [2.24, 2.45) is 0 Å². The van der Waals surface area contributed by atoms with Crippen molar-refractivity contribution >= 4 is 12.0 Å². The lowest BCUT2D eigenvalue weighted by Gasteiger charge is -2.19. The maximum atomic E-state index is 12.7. The fourth-order valence-corrected chi connectivity index (χ4v) is 5.31. The molecule has 0 N–H and O–H groups in total. The smallest absolute Gasteiger partial charge is 0.417 e. The quantitative estimate of drug-likeness (QED) is 0.102. The van der Waals surface area contributed by atoms with Crippen molar-refractivity contribution in [3.8, 4) is 0 Å². The largest absolute Gasteiger partial charge is 1.00 e. The van der Waals surface area contributed by atoms with Gasteiger partial charge in [0.1, 0.15) is 19.7 Å². The number of hydrogen-bond donors (Lipinski definition) is 0. The average Bonchev–Trinajstić information content (AvgIpc) is 3.42. The zero-order chi connectivity index (χ0) is 28.8. The van der Waals surface area contributed by atoms with Gasteiger partial charge in [0.05, 0.1) is 18.8 Å². The summed E-state index contributed by atoms with van der Waals surface area (Å²) in [5.74, 6) is -0.335. The molecule has 2 amide bonds. The van der Waals surface area contributed by atoms with Crippen molar-refractivity contribution in [1.29, 1.82) is 0 Å². The molecule has 1 aromatic heterocycles. The van der Waals surface area contributed by atoms with Crippen LogP contribution < -0.4 is 28.5 Å². The van der Waals surface area contributed by atoms with Crippen LogP contribution in [0.15, 0.2) is 24.4 Å². The molecule has 7 nitrogen and oxygen atoms in total. The number of halogens is 1. The lowest BCUT2D eigenvalue weighted by atomic mass is 10.0. The predicted octanol–water partition coefficient (Wildman–Crippen LogP) is 4.53. The summed E-state index contributed by atoms with van der Waals surface area (Å²) in [6, 6.07) is 5.75. The lowest BCUT2D eigenvalue weighted by molar-refractivity contribution is -0.701. The summed E-state index contributed by atoms with van der Waals surface area (Å²) in [5, 5.41) is 0. The Kier molecular flexibility index (Phi) is 22.3. The molecule has 1 saturated heterocycles. The first-order valence-corrected chi connectivity index (χ1v) is 16.2. The molecule has 0 saturated carbocycles. The molecule has 0 radical (unpaired) electrons. The van der Waals surface area contributed by atoms with Gasteiger partial charge in [-0.2, -0.15) is 0 Å². The molecule has 2 rings (SSSR count). The standard InChI is InChI=1S/C33H57N2O5.HI/c1-4-6-7-8-9-10-11-12-13-14-15-16-17-20-25-38-27-31-22-23-32(40-31)28-39-33(37)35(29(3)36)26-30-21-18-19-24-34(30)5-2;/h18-19,21,24,31-32H,4-17,20,22-23,25-28H2,1-3H3;1H/q+1;/p-1/t31-,32+;/m1./s1. The van der Waals surface area contributed by atoms with Crippen molar-refractivity contribution in [2.45, 2.75) is 149 Å². The normalized spacial score (nSPS) is 16.4. The van der Waals surface area contributed by atoms with Crippen LogP contribution in [0.25, 0.3) is 0 Å². The van der Waals surface area contributed by atoms with Crippen LogP contribution in [0.5, 0.6) is 0 Å². The van der Waals surface area contributed by atoms with Crippen LogP contribution in [0.4, 0.5) is 4.79 Å². The molecule has 1 aromatic rings. The molecule has 0 unspecified atom stereocenters. The van der Waals surface area contributed by atoms with Crippen molar-refractivity contribution in [3.63, 3.8) is 0 Å². The van der Waals surface area contributed by atoms with Gasteiger partial charge in [-0.3, -0.25) is 4.79 Å². The van der Waals surface area contributed by atoms with E-state index in [1.54, 1.807) is 0 Å². The number of aromatic nitrogens is 1. The van der Waals surface area contributed by atoms with E-state index in [-0.39, 0.29) is 55.2 Å². The van der Waals surface area contributed by atoms with Gasteiger partial charge in [-0.25, -0.2) is 14.3 Å². The lowest BCUT2D eigenvalue weighted by Crippen LogP contribution is -3.00. The van der Waals surface area contributed by atoms with Crippen LogP contribution in [0, 0.1) is 0 Å². The maximum Gasteiger partial charge on any atom is 0.417 e. The molecule has 1 aliphatic heterocycles. The van der Waals surface area contributed by atoms with Crippen LogP contribution in [0.1, 0.15) is 129 Å². The van der Waals surface area contributed by atoms with Gasteiger partial charge in [0.2, 0.25) is 11.6 Å². The highest BCUT2D eigenvalue weighted by Gasteiger charge is 2.29. The number of imide groups is 1. The molecule has 0 aliphatic carbocycles. The Morgan fingerprint density at radius 2 is 1.41 bits per heavy atom. The summed E-state index contributed by atoms with van der Waals surface area (Å²) >= 11 is 0. The summed E-state index contributed by atoms with van der Waals surface area (Å²) in [4.78, 5) is 25.9. The number of carbonyl (C=O) groups is 2. The summed E-state index contributed by atoms with van der Waals surface area (Å²) in [6.45, 7) is 8.16. The van der Waals surface area contributed by atoms with Gasteiger partial charge in [0.15, 0.2) is 6.20 Å². The molecule has 1 fully saturated rings. The van der Waals surface area contributed by atoms with E-state index in [0.717, 1.165) is 43.0 Å². The molecule has 2 atom stereocenters. The minimum atomic E-state index is -0.625. The first-order chi connectivity index (χ1) is 19.5. The van der Waals surface area contributed by atoms with E-state index in [1.165, 1.54) is 90.4 Å². The predicted molar refractivity (Wildman–Crippen MR) is 159 cm³/mol. The average molecular weight is 689 g/mol. The summed E-state index contributed by atoms with van der Waals surface area (Å²) in [5.41, 5.74) is 0.880. The number of aryl methyl sites for hydroxylation is 1. The zero-order valence-electron chi connectivity index (χ0n) is 26.1. The molecule has 8 heteroatoms. The van der Waals surface area contributed by atoms with Gasteiger partial charge in [0.25, 0.3) is 0 Å². The van der Waals surface area contributed by atoms with Crippen LogP contribution in [-0.2, 0) is 32.1 Å². The Bertz CT molecular complexity index is 825. The van der Waals surface area contributed by atoms with Crippen LogP contribution in [-0.4, -0.2) is 48.9 Å². The monoisotopic (exact) mass is 688 g/mol. The third kappa shape index (κ3) is 16.8. The topological polar surface area (TPSA) is 69.0 Å². The molecule has 0 spiro atoms. The molecule has 41 heavy (non-hydrogen) atoms. The third-order valence-corrected chi connectivity index (χ3v) is 7.83. The number of hydrogen-bond acceptors (Lipinski definition) is 5. The van der Waals surface area contributed by atoms with E-state index in [2.05, 4.69) is 6.92 Å². The Labute approximate surface area is 267 Å². The minimum absolute atomic E-state index is 0. The first kappa shape index (κ1) is 37.8. The van der Waals surface area contributed by atoms with Gasteiger partial charge in [0, 0.05) is 25.7 Å². The second-order valence-corrected chi connectivity index (χ2v) is 11.3. The van der Waals surface area contributed by atoms with Gasteiger partial charge < -0.3 is 38.2 Å². The Morgan fingerprint density at radius 3 is 1.98 bits per heavy atom. The molecule has 1 aliphatic rings. The number of rotatable bonds is 22. The van der Waals surface area contributed by atoms with E-state index < -0.39 is 6.09 Å². The number of amides is 2. The van der Waals surface area contributed by atoms with Crippen molar-refractivity contribution in [2.75, 3.05) is 19.8 Å². The summed E-state index contributed by atoms with van der Waals surface area (Å²) in [6.07, 6.45) is 21.9. The summed E-state index contributed by atoms with van der Waals surface area (Å²) < 4.78 is 19.4. The van der Waals surface area contributed by atoms with E-state index in [0.29, 0.717) is 6.61 Å². The molecule has 0 bridgehead atoms. The zero-order valence-corrected chi connectivity index (χ0v) is 28.3. The highest BCUT2D eigenvalue weighted by Crippen LogP contribution is 2.21. The highest BCUT2D eigenvalue weighted by molar-refractivity contribution is 5.90. The van der Waals surface area contributed by atoms with Crippen LogP contribution in [0.3, 0.4) is 0 Å². The van der Waals surface area contributed by atoms with Crippen molar-refractivity contribution < 1.29 is 52.3 Å². The van der Waals surface area contributed by atoms with Crippen LogP contribution in [0.2, 0.25) is 0 Å². The van der Waals surface area contributed by atoms with Crippen molar-refractivity contribution in [3.05, 3.63) is 30.1 Å². The Morgan fingerprint density at radius 1 is 0.854 bits per heavy atom. The van der Waals surface area contributed by atoms with E-state index in [1.807, 2.05) is 35.9 Å². The molecule has 236 valence electrons. The van der Waals surface area contributed by atoms with Gasteiger partial charge in [-0.15, -0.1) is 0 Å². The van der Waals surface area contributed by atoms with Gasteiger partial charge >= 0.3 is 6.09 Å². The van der Waals surface area contributed by atoms with Gasteiger partial charge in [-0.1, -0.05) is 96.5 Å². The molecule has 2 heterocycles. The van der Waals surface area contributed by atoms with E-state index >= 15 is 0 Å². The van der Waals surface area contributed by atoms with Crippen molar-refractivity contribution in [1.82, 2.24) is 4.90 Å². The fourth-order valence-electron chi connectivity index (χ4n) is 5.31. The summed E-state index contributed by atoms with van der Waals surface area (Å²) in [7, 11) is 0. The number of ether oxygens (including phenoxy) is 3. The Balaban J connectivity index is 0.00000840. The minimum Gasteiger partial charge on any atom is -1.00 e. The van der Waals surface area contributed by atoms with E-state index in [4.69, 9.17) is 14.2 Å². The number of carbonyl (C=O) groups excluding carboxylic acids is 2. The second kappa shape index (κ2) is 24.2. The molecular formula is C33H57IN2O5. The second-order valence-electron chi connectivity index (χ2n) is 11.3. The number of unbranched alkanes of at least 4 members (excludes halogenated alkanes) is 13. The number of pyridine rings is 1. The molecule has 0 aromatic carbocycles. The third-order valence-electron chi connectivity index (χ3n) is 7.83. The molecular weight excluding hydrogens is 631 g/mol. The SMILES string of the molecule is CCCCCCCCCCCCCCCCOC[C@H]1CC[C@@H](COC(=O)N(Cc2cccc[n+]2CC)C(C)=O)O1.[I-]. The Hall–Kier alpha value is -1.26. The van der Waals surface area contributed by atoms with E-state index in [9.17, 15) is 9.59 Å². The maximum absolute atomic E-state index is 12.7. The van der Waals surface area contributed by atoms with Gasteiger partial charge in [-0.05, 0) is 26.2 Å².